The van der Waals surface area contributed by atoms with Crippen LogP contribution < -0.4 is 15.5 Å². The Labute approximate surface area is 187 Å². The summed E-state index contributed by atoms with van der Waals surface area (Å²) in [6.07, 6.45) is 0. The van der Waals surface area contributed by atoms with Crippen LogP contribution in [0.1, 0.15) is 31.9 Å². The average molecular weight is 501 g/mol. The molecular weight excluding hydrogens is 465 g/mol. The van der Waals surface area contributed by atoms with Crippen molar-refractivity contribution in [3.05, 3.63) is 29.3 Å². The van der Waals surface area contributed by atoms with Gasteiger partial charge < -0.3 is 20.4 Å². The van der Waals surface area contributed by atoms with Crippen molar-refractivity contribution in [2.45, 2.75) is 34.6 Å². The first kappa shape index (κ1) is 24.5. The molecule has 1 aromatic rings. The van der Waals surface area contributed by atoms with Crippen LogP contribution in [0.2, 0.25) is 0 Å². The molecule has 1 amide bonds. The Morgan fingerprint density at radius 1 is 1.18 bits per heavy atom. The normalized spacial score (nSPS) is 15.1. The Morgan fingerprint density at radius 2 is 1.82 bits per heavy atom. The van der Waals surface area contributed by atoms with Crippen molar-refractivity contribution in [2.75, 3.05) is 51.2 Å². The van der Waals surface area contributed by atoms with Gasteiger partial charge >= 0.3 is 0 Å². The highest BCUT2D eigenvalue weighted by Crippen LogP contribution is 2.24. The van der Waals surface area contributed by atoms with E-state index in [-0.39, 0.29) is 29.9 Å². The monoisotopic (exact) mass is 501 g/mol. The number of guanidine groups is 1. The van der Waals surface area contributed by atoms with Crippen LogP contribution in [-0.2, 0) is 4.79 Å². The first-order valence-corrected chi connectivity index (χ1v) is 9.86. The maximum absolute atomic E-state index is 12.0. The fraction of sp³-hybridized carbons (Fsp3) is 0.619. The van der Waals surface area contributed by atoms with Gasteiger partial charge in [-0.05, 0) is 51.8 Å². The lowest BCUT2D eigenvalue weighted by Crippen LogP contribution is -2.53. The molecule has 1 aliphatic heterocycles. The van der Waals surface area contributed by atoms with E-state index in [4.69, 9.17) is 4.99 Å². The van der Waals surface area contributed by atoms with Crippen molar-refractivity contribution >= 4 is 41.5 Å². The zero-order chi connectivity index (χ0) is 20.0. The molecule has 1 saturated heterocycles. The van der Waals surface area contributed by atoms with E-state index in [0.717, 1.165) is 38.7 Å². The molecule has 2 rings (SSSR count). The van der Waals surface area contributed by atoms with E-state index in [9.17, 15) is 4.79 Å². The maximum Gasteiger partial charge on any atom is 0.227 e. The molecule has 1 aliphatic rings. The first-order chi connectivity index (χ1) is 12.8. The minimum atomic E-state index is -0.518. The third kappa shape index (κ3) is 5.99. The van der Waals surface area contributed by atoms with Crippen molar-refractivity contribution in [3.63, 3.8) is 0 Å². The van der Waals surface area contributed by atoms with Crippen molar-refractivity contribution in [2.24, 2.45) is 10.4 Å². The van der Waals surface area contributed by atoms with E-state index in [1.165, 1.54) is 16.8 Å². The molecule has 0 unspecified atom stereocenters. The van der Waals surface area contributed by atoms with Gasteiger partial charge in [0.1, 0.15) is 0 Å². The first-order valence-electron chi connectivity index (χ1n) is 9.86. The summed E-state index contributed by atoms with van der Waals surface area (Å²) >= 11 is 0. The van der Waals surface area contributed by atoms with E-state index in [1.807, 2.05) is 13.8 Å². The van der Waals surface area contributed by atoms with Crippen LogP contribution in [0, 0.1) is 19.3 Å². The summed E-state index contributed by atoms with van der Waals surface area (Å²) in [5, 5.41) is 6.11. The van der Waals surface area contributed by atoms with Gasteiger partial charge in [0.2, 0.25) is 5.91 Å². The van der Waals surface area contributed by atoms with Gasteiger partial charge in [-0.15, -0.1) is 24.0 Å². The van der Waals surface area contributed by atoms with Gasteiger partial charge in [0, 0.05) is 45.5 Å². The number of nitrogens with zero attached hydrogens (tertiary/aromatic N) is 3. The number of aryl methyl sites for hydroxylation is 1. The van der Waals surface area contributed by atoms with Crippen molar-refractivity contribution < 1.29 is 4.79 Å². The number of nitrogens with one attached hydrogen (secondary N) is 2. The van der Waals surface area contributed by atoms with Crippen LogP contribution in [0.5, 0.6) is 0 Å². The van der Waals surface area contributed by atoms with E-state index < -0.39 is 5.41 Å². The molecule has 0 bridgehead atoms. The van der Waals surface area contributed by atoms with Crippen LogP contribution in [0.4, 0.5) is 5.69 Å². The van der Waals surface area contributed by atoms with Crippen LogP contribution in [0.25, 0.3) is 0 Å². The fourth-order valence-electron chi connectivity index (χ4n) is 3.35. The SMILES string of the molecule is CCNC(=NCC(C)(C)C(=O)NC)N1CCN(c2cccc(C)c2C)CC1.I. The van der Waals surface area contributed by atoms with E-state index in [1.54, 1.807) is 7.05 Å². The third-order valence-corrected chi connectivity index (χ3v) is 5.30. The van der Waals surface area contributed by atoms with Crippen LogP contribution >= 0.6 is 24.0 Å². The van der Waals surface area contributed by atoms with Gasteiger partial charge in [-0.25, -0.2) is 0 Å². The van der Waals surface area contributed by atoms with Crippen LogP contribution in [0.3, 0.4) is 0 Å². The smallest absolute Gasteiger partial charge is 0.227 e. The van der Waals surface area contributed by atoms with Gasteiger partial charge in [-0.3, -0.25) is 9.79 Å². The lowest BCUT2D eigenvalue weighted by atomic mass is 9.93. The van der Waals surface area contributed by atoms with Gasteiger partial charge in [0.15, 0.2) is 5.96 Å². The second-order valence-corrected chi connectivity index (χ2v) is 7.83. The van der Waals surface area contributed by atoms with Crippen molar-refractivity contribution in [1.82, 2.24) is 15.5 Å². The van der Waals surface area contributed by atoms with Crippen molar-refractivity contribution in [3.8, 4) is 0 Å². The number of aliphatic imine (C=N–C) groups is 1. The van der Waals surface area contributed by atoms with Gasteiger partial charge in [-0.1, -0.05) is 12.1 Å². The maximum atomic E-state index is 12.0. The second-order valence-electron chi connectivity index (χ2n) is 7.83. The summed E-state index contributed by atoms with van der Waals surface area (Å²) in [5.74, 6) is 0.914. The van der Waals surface area contributed by atoms with E-state index in [2.05, 4.69) is 59.4 Å². The molecule has 0 spiro atoms. The number of amides is 1. The number of halogens is 1. The summed E-state index contributed by atoms with van der Waals surface area (Å²) < 4.78 is 0. The highest BCUT2D eigenvalue weighted by atomic mass is 127. The Bertz CT molecular complexity index is 681. The quantitative estimate of drug-likeness (QED) is 0.370. The molecule has 1 heterocycles. The highest BCUT2D eigenvalue weighted by Gasteiger charge is 2.27. The highest BCUT2D eigenvalue weighted by molar-refractivity contribution is 14.0. The molecule has 0 aromatic heterocycles. The molecule has 1 aromatic carbocycles. The Morgan fingerprint density at radius 3 is 2.39 bits per heavy atom. The number of hydrogen-bond acceptors (Lipinski definition) is 3. The molecule has 0 saturated carbocycles. The second kappa shape index (κ2) is 10.9. The summed E-state index contributed by atoms with van der Waals surface area (Å²) in [6.45, 7) is 15.3. The molecule has 28 heavy (non-hydrogen) atoms. The molecule has 2 N–H and O–H groups in total. The zero-order valence-electron chi connectivity index (χ0n) is 18.1. The Kier molecular flexibility index (Phi) is 9.53. The number of benzene rings is 1. The molecule has 0 atom stereocenters. The third-order valence-electron chi connectivity index (χ3n) is 5.30. The summed E-state index contributed by atoms with van der Waals surface area (Å²) in [5.41, 5.74) is 3.51. The fourth-order valence-corrected chi connectivity index (χ4v) is 3.35. The number of carbonyl (C=O) groups excluding carboxylic acids is 1. The average Bonchev–Trinajstić information content (AvgIpc) is 2.67. The molecule has 1 fully saturated rings. The van der Waals surface area contributed by atoms with Gasteiger partial charge in [-0.2, -0.15) is 0 Å². The molecule has 7 heteroatoms. The van der Waals surface area contributed by atoms with Crippen molar-refractivity contribution in [1.29, 1.82) is 0 Å². The lowest BCUT2D eigenvalue weighted by Gasteiger charge is -2.38. The number of carbonyl (C=O) groups is 1. The lowest BCUT2D eigenvalue weighted by molar-refractivity contribution is -0.128. The minimum absolute atomic E-state index is 0. The molecular formula is C21H36IN5O. The number of piperazine rings is 1. The summed E-state index contributed by atoms with van der Waals surface area (Å²) in [4.78, 5) is 21.5. The van der Waals surface area contributed by atoms with E-state index in [0.29, 0.717) is 6.54 Å². The number of hydrogen-bond donors (Lipinski definition) is 2. The largest absolute Gasteiger partial charge is 0.368 e. The van der Waals surface area contributed by atoms with Gasteiger partial charge in [0.25, 0.3) is 0 Å². The molecule has 0 aliphatic carbocycles. The molecule has 0 radical (unpaired) electrons. The van der Waals surface area contributed by atoms with Gasteiger partial charge in [0.05, 0.1) is 12.0 Å². The topological polar surface area (TPSA) is 60.0 Å². The standard InChI is InChI=1S/C21H35N5O.HI/c1-7-23-20(24-15-21(4,5)19(27)22-6)26-13-11-25(12-14-26)18-10-8-9-16(2)17(18)3;/h8-10H,7,11-15H2,1-6H3,(H,22,27)(H,23,24);1H. The number of anilines is 1. The Balaban J connectivity index is 0.00000392. The predicted octanol–water partition coefficient (Wildman–Crippen LogP) is 2.78. The zero-order valence-corrected chi connectivity index (χ0v) is 20.5. The summed E-state index contributed by atoms with van der Waals surface area (Å²) in [6, 6.07) is 6.51. The van der Waals surface area contributed by atoms with Crippen LogP contribution in [-0.4, -0.2) is 63.1 Å². The predicted molar refractivity (Wildman–Crippen MR) is 129 cm³/mol. The Hall–Kier alpha value is -1.51. The number of rotatable bonds is 5. The minimum Gasteiger partial charge on any atom is -0.368 e. The molecule has 6 nitrogen and oxygen atoms in total. The summed E-state index contributed by atoms with van der Waals surface area (Å²) in [7, 11) is 1.67. The van der Waals surface area contributed by atoms with Crippen LogP contribution in [0.15, 0.2) is 23.2 Å². The van der Waals surface area contributed by atoms with E-state index >= 15 is 0 Å². The molecule has 158 valence electrons.